The number of rotatable bonds is 2. The van der Waals surface area contributed by atoms with E-state index < -0.39 is 0 Å². The van der Waals surface area contributed by atoms with Crippen molar-refractivity contribution in [3.05, 3.63) is 35.7 Å². The number of pyridine rings is 1. The molecule has 136 valence electrons. The van der Waals surface area contributed by atoms with Gasteiger partial charge in [-0.05, 0) is 63.5 Å². The van der Waals surface area contributed by atoms with E-state index >= 15 is 0 Å². The standard InChI is InChI=1S/C21H26N4O/c1-2-12-22-17(8-1)20-23-16-9-5-7-15(16)21(24-20)25-13-3-4-14-26-19-11-6-10-18(19)25/h1-2,8,12,18-19H,3-7,9-11,13-14H2. The minimum atomic E-state index is 0.362. The molecule has 3 heterocycles. The van der Waals surface area contributed by atoms with Gasteiger partial charge >= 0.3 is 0 Å². The van der Waals surface area contributed by atoms with Crippen molar-refractivity contribution in [2.45, 2.75) is 63.5 Å². The highest BCUT2D eigenvalue weighted by molar-refractivity contribution is 5.59. The highest BCUT2D eigenvalue weighted by atomic mass is 16.5. The summed E-state index contributed by atoms with van der Waals surface area (Å²) >= 11 is 0. The van der Waals surface area contributed by atoms with E-state index in [1.165, 1.54) is 43.4 Å². The van der Waals surface area contributed by atoms with Crippen molar-refractivity contribution in [1.29, 1.82) is 0 Å². The van der Waals surface area contributed by atoms with Crippen molar-refractivity contribution in [2.75, 3.05) is 18.1 Å². The first-order valence-electron chi connectivity index (χ1n) is 10.1. The second-order valence-electron chi connectivity index (χ2n) is 7.67. The van der Waals surface area contributed by atoms with Crippen LogP contribution in [0.15, 0.2) is 24.4 Å². The molecule has 2 unspecified atom stereocenters. The normalized spacial score (nSPS) is 25.5. The zero-order valence-electron chi connectivity index (χ0n) is 15.2. The third-order valence-electron chi connectivity index (χ3n) is 6.02. The third-order valence-corrected chi connectivity index (χ3v) is 6.02. The Morgan fingerprint density at radius 3 is 2.92 bits per heavy atom. The molecular weight excluding hydrogens is 324 g/mol. The first-order valence-corrected chi connectivity index (χ1v) is 10.1. The summed E-state index contributed by atoms with van der Waals surface area (Å²) < 4.78 is 6.20. The van der Waals surface area contributed by atoms with Crippen molar-refractivity contribution in [1.82, 2.24) is 15.0 Å². The third kappa shape index (κ3) is 2.88. The molecule has 0 radical (unpaired) electrons. The van der Waals surface area contributed by atoms with E-state index in [-0.39, 0.29) is 0 Å². The van der Waals surface area contributed by atoms with Crippen LogP contribution in [0, 0.1) is 0 Å². The van der Waals surface area contributed by atoms with E-state index in [0.29, 0.717) is 12.1 Å². The molecule has 2 aliphatic carbocycles. The van der Waals surface area contributed by atoms with Gasteiger partial charge in [0.1, 0.15) is 11.5 Å². The van der Waals surface area contributed by atoms with Crippen LogP contribution in [0.1, 0.15) is 49.8 Å². The molecule has 2 aromatic rings. The molecule has 5 nitrogen and oxygen atoms in total. The van der Waals surface area contributed by atoms with Gasteiger partial charge in [-0.1, -0.05) is 6.07 Å². The van der Waals surface area contributed by atoms with Crippen molar-refractivity contribution >= 4 is 5.82 Å². The van der Waals surface area contributed by atoms with E-state index in [9.17, 15) is 0 Å². The number of anilines is 1. The van der Waals surface area contributed by atoms with Crippen LogP contribution >= 0.6 is 0 Å². The molecule has 5 heteroatoms. The predicted octanol–water partition coefficient (Wildman–Crippen LogP) is 3.57. The molecule has 0 N–H and O–H groups in total. The Morgan fingerprint density at radius 2 is 2.00 bits per heavy atom. The van der Waals surface area contributed by atoms with Crippen LogP contribution in [0.3, 0.4) is 0 Å². The Kier molecular flexibility index (Phi) is 4.33. The van der Waals surface area contributed by atoms with Crippen molar-refractivity contribution < 1.29 is 4.74 Å². The zero-order valence-corrected chi connectivity index (χ0v) is 15.2. The van der Waals surface area contributed by atoms with E-state index in [1.807, 2.05) is 24.4 Å². The Morgan fingerprint density at radius 1 is 1.00 bits per heavy atom. The molecule has 1 saturated carbocycles. The average molecular weight is 350 g/mol. The molecular formula is C21H26N4O. The predicted molar refractivity (Wildman–Crippen MR) is 101 cm³/mol. The van der Waals surface area contributed by atoms with Crippen LogP contribution in [-0.2, 0) is 17.6 Å². The van der Waals surface area contributed by atoms with Crippen LogP contribution in [0.4, 0.5) is 5.82 Å². The Labute approximate surface area is 154 Å². The molecule has 1 aliphatic heterocycles. The van der Waals surface area contributed by atoms with Crippen molar-refractivity contribution in [3.63, 3.8) is 0 Å². The van der Waals surface area contributed by atoms with Crippen LogP contribution in [0.2, 0.25) is 0 Å². The monoisotopic (exact) mass is 350 g/mol. The number of fused-ring (bicyclic) bond motifs is 2. The highest BCUT2D eigenvalue weighted by Gasteiger charge is 2.36. The summed E-state index contributed by atoms with van der Waals surface area (Å²) in [5, 5.41) is 0. The lowest BCUT2D eigenvalue weighted by molar-refractivity contribution is 0.0373. The van der Waals surface area contributed by atoms with E-state index in [0.717, 1.165) is 49.8 Å². The maximum Gasteiger partial charge on any atom is 0.180 e. The largest absolute Gasteiger partial charge is 0.376 e. The lowest BCUT2D eigenvalue weighted by atomic mass is 10.1. The van der Waals surface area contributed by atoms with Gasteiger partial charge < -0.3 is 9.64 Å². The smallest absolute Gasteiger partial charge is 0.180 e. The number of hydrogen-bond donors (Lipinski definition) is 0. The van der Waals surface area contributed by atoms with Gasteiger partial charge in [-0.2, -0.15) is 0 Å². The van der Waals surface area contributed by atoms with Gasteiger partial charge in [-0.25, -0.2) is 9.97 Å². The minimum absolute atomic E-state index is 0.362. The number of aryl methyl sites for hydroxylation is 1. The van der Waals surface area contributed by atoms with Gasteiger partial charge in [0.15, 0.2) is 5.82 Å². The minimum Gasteiger partial charge on any atom is -0.376 e. The Hall–Kier alpha value is -2.01. The number of ether oxygens (including phenoxy) is 1. The summed E-state index contributed by atoms with van der Waals surface area (Å²) in [6.45, 7) is 1.99. The summed E-state index contributed by atoms with van der Waals surface area (Å²) in [4.78, 5) is 17.0. The molecule has 0 spiro atoms. The number of aromatic nitrogens is 3. The van der Waals surface area contributed by atoms with Crippen molar-refractivity contribution in [3.8, 4) is 11.5 Å². The molecule has 2 atom stereocenters. The van der Waals surface area contributed by atoms with Crippen LogP contribution in [-0.4, -0.2) is 40.2 Å². The maximum absolute atomic E-state index is 6.20. The van der Waals surface area contributed by atoms with Crippen LogP contribution in [0.25, 0.3) is 11.5 Å². The fourth-order valence-corrected chi connectivity index (χ4v) is 4.76. The summed E-state index contributed by atoms with van der Waals surface area (Å²) in [6.07, 6.45) is 11.5. The molecule has 2 aromatic heterocycles. The average Bonchev–Trinajstić information content (AvgIpc) is 3.31. The summed E-state index contributed by atoms with van der Waals surface area (Å²) in [5.74, 6) is 1.94. The number of hydrogen-bond acceptors (Lipinski definition) is 5. The first kappa shape index (κ1) is 16.2. The maximum atomic E-state index is 6.20. The van der Waals surface area contributed by atoms with Crippen molar-refractivity contribution in [2.24, 2.45) is 0 Å². The van der Waals surface area contributed by atoms with Gasteiger partial charge in [0.25, 0.3) is 0 Å². The molecule has 26 heavy (non-hydrogen) atoms. The molecule has 5 rings (SSSR count). The SMILES string of the molecule is c1ccc(-c2nc3c(c(N4CCCCOC5CCCC54)n2)CCC3)nc1. The van der Waals surface area contributed by atoms with Gasteiger partial charge in [-0.15, -0.1) is 0 Å². The summed E-state index contributed by atoms with van der Waals surface area (Å²) in [6, 6.07) is 6.42. The molecule has 1 saturated heterocycles. The Balaban J connectivity index is 1.59. The van der Waals surface area contributed by atoms with Gasteiger partial charge in [0.2, 0.25) is 0 Å². The molecule has 2 fully saturated rings. The van der Waals surface area contributed by atoms with Crippen LogP contribution < -0.4 is 4.90 Å². The fraction of sp³-hybridized carbons (Fsp3) is 0.571. The number of nitrogens with zero attached hydrogens (tertiary/aromatic N) is 4. The lowest BCUT2D eigenvalue weighted by Gasteiger charge is -2.37. The second-order valence-corrected chi connectivity index (χ2v) is 7.67. The Bertz CT molecular complexity index is 779. The highest BCUT2D eigenvalue weighted by Crippen LogP contribution is 2.37. The van der Waals surface area contributed by atoms with E-state index in [4.69, 9.17) is 14.7 Å². The summed E-state index contributed by atoms with van der Waals surface area (Å²) in [5.41, 5.74) is 3.47. The van der Waals surface area contributed by atoms with E-state index in [2.05, 4.69) is 9.88 Å². The van der Waals surface area contributed by atoms with Crippen LogP contribution in [0.5, 0.6) is 0 Å². The summed E-state index contributed by atoms with van der Waals surface area (Å²) in [7, 11) is 0. The first-order chi connectivity index (χ1) is 12.9. The zero-order chi connectivity index (χ0) is 17.3. The molecule has 3 aliphatic rings. The van der Waals surface area contributed by atoms with E-state index in [1.54, 1.807) is 0 Å². The second kappa shape index (κ2) is 6.95. The fourth-order valence-electron chi connectivity index (χ4n) is 4.76. The molecule has 0 amide bonds. The topological polar surface area (TPSA) is 51.1 Å². The quantitative estimate of drug-likeness (QED) is 0.829. The van der Waals surface area contributed by atoms with Gasteiger partial charge in [-0.3, -0.25) is 4.98 Å². The van der Waals surface area contributed by atoms with Gasteiger partial charge in [0, 0.05) is 30.6 Å². The molecule has 0 bridgehead atoms. The lowest BCUT2D eigenvalue weighted by Crippen LogP contribution is -2.45. The van der Waals surface area contributed by atoms with Gasteiger partial charge in [0.05, 0.1) is 12.1 Å². The molecule has 0 aromatic carbocycles.